The largest absolute Gasteiger partial charge is 0.311 e. The van der Waals surface area contributed by atoms with Gasteiger partial charge in [0.2, 0.25) is 0 Å². The fourth-order valence-electron chi connectivity index (χ4n) is 1.82. The molecule has 0 amide bonds. The molecule has 0 aliphatic carbocycles. The van der Waals surface area contributed by atoms with E-state index in [-0.39, 0.29) is 12.2 Å². The van der Waals surface area contributed by atoms with E-state index < -0.39 is 0 Å². The molecular weight excluding hydrogens is 167 g/mol. The zero-order valence-corrected chi connectivity index (χ0v) is 8.94. The molecule has 0 aromatic heterocycles. The molecule has 1 heterocycles. The Hall–Kier alpha value is -0.150. The predicted octanol–water partition coefficient (Wildman–Crippen LogP) is 1.42. The van der Waals surface area contributed by atoms with Crippen LogP contribution in [0.3, 0.4) is 0 Å². The molecule has 1 unspecified atom stereocenters. The zero-order valence-electron chi connectivity index (χ0n) is 8.94. The number of hydrogen-bond acceptors (Lipinski definition) is 2. The number of alkyl halides is 1. The van der Waals surface area contributed by atoms with Gasteiger partial charge in [-0.15, -0.1) is 0 Å². The molecule has 1 atom stereocenters. The van der Waals surface area contributed by atoms with Crippen molar-refractivity contribution in [2.24, 2.45) is 0 Å². The highest BCUT2D eigenvalue weighted by Gasteiger charge is 2.31. The molecule has 0 bridgehead atoms. The van der Waals surface area contributed by atoms with Crippen LogP contribution >= 0.6 is 0 Å². The van der Waals surface area contributed by atoms with Crippen LogP contribution in [0.4, 0.5) is 4.39 Å². The van der Waals surface area contributed by atoms with Crippen molar-refractivity contribution in [1.29, 1.82) is 0 Å². The first kappa shape index (κ1) is 10.9. The summed E-state index contributed by atoms with van der Waals surface area (Å²) in [4.78, 5) is 2.38. The maximum absolute atomic E-state index is 12.1. The molecule has 2 nitrogen and oxygen atoms in total. The Labute approximate surface area is 80.5 Å². The summed E-state index contributed by atoms with van der Waals surface area (Å²) in [5, 5.41) is 3.44. The summed E-state index contributed by atoms with van der Waals surface area (Å²) < 4.78 is 12.1. The Morgan fingerprint density at radius 1 is 1.54 bits per heavy atom. The lowest BCUT2D eigenvalue weighted by Gasteiger charge is -2.45. The summed E-state index contributed by atoms with van der Waals surface area (Å²) in [6, 6.07) is 0.535. The smallest absolute Gasteiger partial charge is 0.0906 e. The Balaban J connectivity index is 2.46. The van der Waals surface area contributed by atoms with E-state index >= 15 is 0 Å². The van der Waals surface area contributed by atoms with Gasteiger partial charge in [0.1, 0.15) is 0 Å². The monoisotopic (exact) mass is 188 g/mol. The van der Waals surface area contributed by atoms with Gasteiger partial charge in [-0.25, -0.2) is 0 Å². The van der Waals surface area contributed by atoms with E-state index in [9.17, 15) is 4.39 Å². The second-order valence-electron chi connectivity index (χ2n) is 4.58. The molecule has 1 fully saturated rings. The lowest BCUT2D eigenvalue weighted by molar-refractivity contribution is 0.0673. The van der Waals surface area contributed by atoms with Gasteiger partial charge < -0.3 is 5.32 Å². The van der Waals surface area contributed by atoms with Crippen LogP contribution in [0, 0.1) is 0 Å². The molecule has 1 aliphatic rings. The maximum atomic E-state index is 12.1. The zero-order chi connectivity index (χ0) is 9.90. The molecule has 1 saturated heterocycles. The lowest BCUT2D eigenvalue weighted by Crippen LogP contribution is -2.61. The highest BCUT2D eigenvalue weighted by Crippen LogP contribution is 2.18. The normalized spacial score (nSPS) is 29.1. The average molecular weight is 188 g/mol. The Kier molecular flexibility index (Phi) is 3.68. The SMILES string of the molecule is CC1CN(CCCF)C(C)(C)CN1. The summed E-state index contributed by atoms with van der Waals surface area (Å²) in [5.74, 6) is 0. The van der Waals surface area contributed by atoms with Gasteiger partial charge in [0.15, 0.2) is 0 Å². The fraction of sp³-hybridized carbons (Fsp3) is 1.00. The minimum absolute atomic E-state index is 0.182. The minimum atomic E-state index is -0.200. The van der Waals surface area contributed by atoms with Crippen molar-refractivity contribution in [3.05, 3.63) is 0 Å². The van der Waals surface area contributed by atoms with Gasteiger partial charge in [0.25, 0.3) is 0 Å². The van der Waals surface area contributed by atoms with Crippen molar-refractivity contribution in [3.63, 3.8) is 0 Å². The molecule has 78 valence electrons. The van der Waals surface area contributed by atoms with Gasteiger partial charge in [0.05, 0.1) is 6.67 Å². The van der Waals surface area contributed by atoms with Crippen molar-refractivity contribution >= 4 is 0 Å². The van der Waals surface area contributed by atoms with Crippen LogP contribution in [0.15, 0.2) is 0 Å². The van der Waals surface area contributed by atoms with Gasteiger partial charge in [-0.05, 0) is 27.2 Å². The van der Waals surface area contributed by atoms with Crippen molar-refractivity contribution in [1.82, 2.24) is 10.2 Å². The summed E-state index contributed by atoms with van der Waals surface area (Å²) in [7, 11) is 0. The van der Waals surface area contributed by atoms with E-state index in [1.54, 1.807) is 0 Å². The van der Waals surface area contributed by atoms with E-state index in [4.69, 9.17) is 0 Å². The molecule has 0 aromatic rings. The first-order valence-electron chi connectivity index (χ1n) is 5.10. The first-order chi connectivity index (χ1) is 6.06. The summed E-state index contributed by atoms with van der Waals surface area (Å²) in [5.41, 5.74) is 0.182. The maximum Gasteiger partial charge on any atom is 0.0906 e. The summed E-state index contributed by atoms with van der Waals surface area (Å²) >= 11 is 0. The molecule has 1 N–H and O–H groups in total. The molecule has 0 spiro atoms. The third-order valence-electron chi connectivity index (χ3n) is 2.80. The van der Waals surface area contributed by atoms with Gasteiger partial charge in [-0.3, -0.25) is 9.29 Å². The quantitative estimate of drug-likeness (QED) is 0.720. The number of hydrogen-bond donors (Lipinski definition) is 1. The van der Waals surface area contributed by atoms with Crippen LogP contribution in [0.1, 0.15) is 27.2 Å². The number of nitrogens with one attached hydrogen (secondary N) is 1. The molecule has 3 heteroatoms. The molecule has 0 radical (unpaired) electrons. The van der Waals surface area contributed by atoms with Crippen molar-refractivity contribution in [3.8, 4) is 0 Å². The number of piperazine rings is 1. The van der Waals surface area contributed by atoms with E-state index in [1.165, 1.54) is 0 Å². The topological polar surface area (TPSA) is 15.3 Å². The molecule has 1 rings (SSSR count). The van der Waals surface area contributed by atoms with Gasteiger partial charge in [0, 0.05) is 31.2 Å². The molecule has 1 aliphatic heterocycles. The molecule has 13 heavy (non-hydrogen) atoms. The Morgan fingerprint density at radius 3 is 2.85 bits per heavy atom. The number of halogens is 1. The van der Waals surface area contributed by atoms with Crippen LogP contribution in [0.2, 0.25) is 0 Å². The number of rotatable bonds is 3. The van der Waals surface area contributed by atoms with Crippen molar-refractivity contribution in [2.45, 2.75) is 38.8 Å². The van der Waals surface area contributed by atoms with E-state index in [1.807, 2.05) is 0 Å². The van der Waals surface area contributed by atoms with Crippen molar-refractivity contribution in [2.75, 3.05) is 26.3 Å². The minimum Gasteiger partial charge on any atom is -0.311 e. The Morgan fingerprint density at radius 2 is 2.23 bits per heavy atom. The van der Waals surface area contributed by atoms with Crippen LogP contribution in [0.25, 0.3) is 0 Å². The van der Waals surface area contributed by atoms with Crippen molar-refractivity contribution < 1.29 is 4.39 Å². The second kappa shape index (κ2) is 4.38. The van der Waals surface area contributed by atoms with Gasteiger partial charge in [-0.1, -0.05) is 0 Å². The highest BCUT2D eigenvalue weighted by atomic mass is 19.1. The fourth-order valence-corrected chi connectivity index (χ4v) is 1.82. The average Bonchev–Trinajstić information content (AvgIpc) is 2.07. The third kappa shape index (κ3) is 2.92. The predicted molar refractivity (Wildman–Crippen MR) is 53.7 cm³/mol. The number of nitrogens with zero attached hydrogens (tertiary/aromatic N) is 1. The third-order valence-corrected chi connectivity index (χ3v) is 2.80. The van der Waals surface area contributed by atoms with E-state index in [0.717, 1.165) is 19.6 Å². The molecular formula is C10H21FN2. The molecule has 0 saturated carbocycles. The van der Waals surface area contributed by atoms with Crippen LogP contribution in [-0.2, 0) is 0 Å². The van der Waals surface area contributed by atoms with E-state index in [2.05, 4.69) is 31.0 Å². The highest BCUT2D eigenvalue weighted by molar-refractivity contribution is 4.91. The van der Waals surface area contributed by atoms with Gasteiger partial charge in [-0.2, -0.15) is 0 Å². The van der Waals surface area contributed by atoms with Crippen LogP contribution < -0.4 is 5.32 Å². The summed E-state index contributed by atoms with van der Waals surface area (Å²) in [6.45, 7) is 9.32. The lowest BCUT2D eigenvalue weighted by atomic mass is 9.97. The first-order valence-corrected chi connectivity index (χ1v) is 5.10. The van der Waals surface area contributed by atoms with E-state index in [0.29, 0.717) is 12.5 Å². The molecule has 0 aromatic carbocycles. The standard InChI is InChI=1S/C10H21FN2/c1-9-7-13(6-4-5-11)10(2,3)8-12-9/h9,12H,4-8H2,1-3H3. The summed E-state index contributed by atoms with van der Waals surface area (Å²) in [6.07, 6.45) is 0.663. The van der Waals surface area contributed by atoms with Crippen LogP contribution in [-0.4, -0.2) is 42.8 Å². The Bertz CT molecular complexity index is 159. The van der Waals surface area contributed by atoms with Crippen LogP contribution in [0.5, 0.6) is 0 Å². The van der Waals surface area contributed by atoms with Gasteiger partial charge >= 0.3 is 0 Å². The second-order valence-corrected chi connectivity index (χ2v) is 4.58.